The lowest BCUT2D eigenvalue weighted by atomic mass is 9.86. The molecule has 4 atom stereocenters. The van der Waals surface area contributed by atoms with Gasteiger partial charge in [-0.2, -0.15) is 0 Å². The maximum absolute atomic E-state index is 10.5. The Hall–Kier alpha value is -0.780. The summed E-state index contributed by atoms with van der Waals surface area (Å²) in [5.74, 6) is 0.710. The van der Waals surface area contributed by atoms with Crippen LogP contribution in [0.25, 0.3) is 0 Å². The largest absolute Gasteiger partial charge is 0.512 e. The summed E-state index contributed by atoms with van der Waals surface area (Å²) >= 11 is 7.86. The number of unbranched alkanes of at least 4 members (excludes halogenated alkanes) is 2. The molecule has 1 fully saturated rings. The van der Waals surface area contributed by atoms with Crippen molar-refractivity contribution < 1.29 is 19.7 Å². The van der Waals surface area contributed by atoms with E-state index in [2.05, 4.69) is 11.7 Å². The van der Waals surface area contributed by atoms with Crippen molar-refractivity contribution in [1.82, 2.24) is 0 Å². The normalized spacial score (nSPS) is 26.6. The molecular weight excluding hydrogens is 348 g/mol. The van der Waals surface area contributed by atoms with Crippen LogP contribution in [0.1, 0.15) is 56.7 Å². The first-order valence-corrected chi connectivity index (χ1v) is 10.1. The van der Waals surface area contributed by atoms with Crippen molar-refractivity contribution in [3.8, 4) is 5.06 Å². The Balaban J connectivity index is 1.80. The molecule has 1 aliphatic rings. The lowest BCUT2D eigenvalue weighted by Gasteiger charge is -2.23. The van der Waals surface area contributed by atoms with Crippen LogP contribution in [0.3, 0.4) is 0 Å². The summed E-state index contributed by atoms with van der Waals surface area (Å²) in [6.07, 6.45) is 6.71. The highest BCUT2D eigenvalue weighted by molar-refractivity contribution is 7.13. The Morgan fingerprint density at radius 2 is 2.04 bits per heavy atom. The van der Waals surface area contributed by atoms with Crippen LogP contribution in [-0.4, -0.2) is 27.8 Å². The number of halogens is 1. The molecule has 1 aromatic rings. The number of carbonyl (C=O) groups is 1. The molecule has 1 heterocycles. The van der Waals surface area contributed by atoms with Crippen molar-refractivity contribution in [1.29, 1.82) is 0 Å². The zero-order valence-corrected chi connectivity index (χ0v) is 15.7. The summed E-state index contributed by atoms with van der Waals surface area (Å²) in [6, 6.07) is 3.62. The second kappa shape index (κ2) is 9.64. The second-order valence-corrected chi connectivity index (χ2v) is 8.31. The zero-order chi connectivity index (χ0) is 17.5. The fraction of sp³-hybridized carbons (Fsp3) is 0.722. The molecule has 1 saturated carbocycles. The second-order valence-electron chi connectivity index (χ2n) is 6.62. The molecule has 2 rings (SSSR count). The van der Waals surface area contributed by atoms with Gasteiger partial charge in [0.15, 0.2) is 5.06 Å². The lowest BCUT2D eigenvalue weighted by molar-refractivity contribution is 0.107. The van der Waals surface area contributed by atoms with E-state index in [1.807, 2.05) is 6.07 Å². The number of aryl methyl sites for hydroxylation is 1. The standard InChI is InChI=1S/C18H27ClO4S/c1-2-3-4-7-14-13(15(19)11-16(14)20)8-5-6-12-9-10-17(24-12)23-18(21)22/h9-10,13-16,20H,2-8,11H2,1H3,(H,21,22)/t13-,14-,15-,16-/m1/s1. The fourth-order valence-electron chi connectivity index (χ4n) is 3.71. The molecular formula is C18H27ClO4S. The predicted molar refractivity (Wildman–Crippen MR) is 97.3 cm³/mol. The van der Waals surface area contributed by atoms with Crippen LogP contribution in [-0.2, 0) is 6.42 Å². The highest BCUT2D eigenvalue weighted by atomic mass is 35.5. The Bertz CT molecular complexity index is 519. The molecule has 136 valence electrons. The minimum atomic E-state index is -1.27. The Morgan fingerprint density at radius 1 is 1.29 bits per heavy atom. The highest BCUT2D eigenvalue weighted by Gasteiger charge is 2.40. The molecule has 0 spiro atoms. The average molecular weight is 375 g/mol. The summed E-state index contributed by atoms with van der Waals surface area (Å²) in [6.45, 7) is 2.19. The van der Waals surface area contributed by atoms with Gasteiger partial charge in [0, 0.05) is 10.3 Å². The quantitative estimate of drug-likeness (QED) is 0.349. The molecule has 0 bridgehead atoms. The highest BCUT2D eigenvalue weighted by Crippen LogP contribution is 2.42. The van der Waals surface area contributed by atoms with Crippen molar-refractivity contribution >= 4 is 29.1 Å². The minimum Gasteiger partial charge on any atom is -0.449 e. The van der Waals surface area contributed by atoms with E-state index in [4.69, 9.17) is 16.7 Å². The number of hydrogen-bond donors (Lipinski definition) is 2. The third-order valence-electron chi connectivity index (χ3n) is 4.90. The first-order chi connectivity index (χ1) is 11.5. The van der Waals surface area contributed by atoms with E-state index >= 15 is 0 Å². The molecule has 1 aliphatic carbocycles. The van der Waals surface area contributed by atoms with E-state index in [0.717, 1.165) is 30.6 Å². The topological polar surface area (TPSA) is 66.8 Å². The Morgan fingerprint density at radius 3 is 2.75 bits per heavy atom. The molecule has 0 aliphatic heterocycles. The van der Waals surface area contributed by atoms with Crippen LogP contribution < -0.4 is 4.74 Å². The number of alkyl halides is 1. The van der Waals surface area contributed by atoms with Crippen molar-refractivity contribution in [3.05, 3.63) is 17.0 Å². The van der Waals surface area contributed by atoms with E-state index in [0.29, 0.717) is 23.3 Å². The first-order valence-electron chi connectivity index (χ1n) is 8.82. The van der Waals surface area contributed by atoms with E-state index in [9.17, 15) is 9.90 Å². The van der Waals surface area contributed by atoms with Crippen LogP contribution in [0.4, 0.5) is 4.79 Å². The van der Waals surface area contributed by atoms with Gasteiger partial charge in [0.25, 0.3) is 0 Å². The molecule has 24 heavy (non-hydrogen) atoms. The first kappa shape index (κ1) is 19.5. The number of thiophene rings is 1. The van der Waals surface area contributed by atoms with E-state index < -0.39 is 6.16 Å². The van der Waals surface area contributed by atoms with Gasteiger partial charge in [-0.05, 0) is 56.1 Å². The van der Waals surface area contributed by atoms with Crippen LogP contribution in [0.2, 0.25) is 0 Å². The molecule has 0 radical (unpaired) electrons. The molecule has 0 amide bonds. The molecule has 0 saturated heterocycles. The third kappa shape index (κ3) is 5.64. The summed E-state index contributed by atoms with van der Waals surface area (Å²) in [5.41, 5.74) is 0. The van der Waals surface area contributed by atoms with Gasteiger partial charge in [0.1, 0.15) is 0 Å². The summed E-state index contributed by atoms with van der Waals surface area (Å²) < 4.78 is 4.66. The average Bonchev–Trinajstić information content (AvgIpc) is 3.05. The number of aliphatic hydroxyl groups excluding tert-OH is 1. The van der Waals surface area contributed by atoms with Crippen LogP contribution in [0.15, 0.2) is 12.1 Å². The van der Waals surface area contributed by atoms with Gasteiger partial charge in [0.2, 0.25) is 0 Å². The van der Waals surface area contributed by atoms with E-state index in [-0.39, 0.29) is 11.5 Å². The lowest BCUT2D eigenvalue weighted by Crippen LogP contribution is -2.21. The maximum Gasteiger partial charge on any atom is 0.512 e. The van der Waals surface area contributed by atoms with Gasteiger partial charge < -0.3 is 14.9 Å². The molecule has 0 aromatic carbocycles. The van der Waals surface area contributed by atoms with Crippen LogP contribution >= 0.6 is 22.9 Å². The van der Waals surface area contributed by atoms with Gasteiger partial charge in [0.05, 0.1) is 6.10 Å². The number of rotatable bonds is 9. The number of carboxylic acid groups (broad SMARTS) is 1. The van der Waals surface area contributed by atoms with Crippen molar-refractivity contribution in [3.63, 3.8) is 0 Å². The van der Waals surface area contributed by atoms with Crippen molar-refractivity contribution in [2.75, 3.05) is 0 Å². The number of ether oxygens (including phenoxy) is 1. The van der Waals surface area contributed by atoms with Crippen molar-refractivity contribution in [2.45, 2.75) is 69.8 Å². The monoisotopic (exact) mass is 374 g/mol. The summed E-state index contributed by atoms with van der Waals surface area (Å²) in [5, 5.41) is 19.4. The zero-order valence-electron chi connectivity index (χ0n) is 14.1. The van der Waals surface area contributed by atoms with Gasteiger partial charge in [-0.1, -0.05) is 26.2 Å². The molecule has 2 N–H and O–H groups in total. The minimum absolute atomic E-state index is 0.0702. The van der Waals surface area contributed by atoms with Crippen LogP contribution in [0.5, 0.6) is 5.06 Å². The third-order valence-corrected chi connectivity index (χ3v) is 6.43. The molecule has 1 aromatic heterocycles. The summed E-state index contributed by atoms with van der Waals surface area (Å²) in [4.78, 5) is 11.6. The molecule has 6 heteroatoms. The van der Waals surface area contributed by atoms with Crippen LogP contribution in [0, 0.1) is 11.8 Å². The Labute approximate surface area is 152 Å². The van der Waals surface area contributed by atoms with Gasteiger partial charge >= 0.3 is 6.16 Å². The van der Waals surface area contributed by atoms with E-state index in [1.54, 1.807) is 6.07 Å². The molecule has 0 unspecified atom stereocenters. The predicted octanol–water partition coefficient (Wildman–Crippen LogP) is 5.31. The van der Waals surface area contributed by atoms with E-state index in [1.165, 1.54) is 30.6 Å². The van der Waals surface area contributed by atoms with Crippen molar-refractivity contribution in [2.24, 2.45) is 11.8 Å². The Kier molecular flexibility index (Phi) is 7.85. The van der Waals surface area contributed by atoms with Gasteiger partial charge in [-0.15, -0.1) is 22.9 Å². The number of aliphatic hydroxyl groups is 1. The maximum atomic E-state index is 10.5. The SMILES string of the molecule is CCCCC[C@@H]1[C@@H](CCCc2ccc(OC(=O)O)s2)[C@H](Cl)C[C@H]1O. The fourth-order valence-corrected chi connectivity index (χ4v) is 5.10. The van der Waals surface area contributed by atoms with Gasteiger partial charge in [-0.25, -0.2) is 4.79 Å². The van der Waals surface area contributed by atoms with Gasteiger partial charge in [-0.3, -0.25) is 0 Å². The number of hydrogen-bond acceptors (Lipinski definition) is 4. The summed E-state index contributed by atoms with van der Waals surface area (Å²) in [7, 11) is 0. The molecule has 4 nitrogen and oxygen atoms in total. The smallest absolute Gasteiger partial charge is 0.449 e.